The van der Waals surface area contributed by atoms with Crippen molar-refractivity contribution < 1.29 is 4.39 Å². The third-order valence-corrected chi connectivity index (χ3v) is 3.70. The van der Waals surface area contributed by atoms with E-state index in [2.05, 4.69) is 11.4 Å². The van der Waals surface area contributed by atoms with E-state index >= 15 is 0 Å². The van der Waals surface area contributed by atoms with Gasteiger partial charge in [-0.2, -0.15) is 0 Å². The Morgan fingerprint density at radius 3 is 2.94 bits per heavy atom. The Hall–Kier alpha value is -0.860. The third-order valence-electron chi connectivity index (χ3n) is 3.33. The van der Waals surface area contributed by atoms with Crippen molar-refractivity contribution in [1.29, 1.82) is 0 Å². The number of hydrogen-bond acceptors (Lipinski definition) is 1. The molecule has 0 atom stereocenters. The molecular formula is C15H19ClFN. The molecule has 0 saturated carbocycles. The van der Waals surface area contributed by atoms with Gasteiger partial charge in [0.2, 0.25) is 0 Å². The Kier molecular flexibility index (Phi) is 5.21. The lowest BCUT2D eigenvalue weighted by molar-refractivity contribution is 0.614. The minimum atomic E-state index is -0.230. The van der Waals surface area contributed by atoms with Crippen molar-refractivity contribution >= 4 is 11.6 Å². The van der Waals surface area contributed by atoms with Gasteiger partial charge in [0, 0.05) is 11.6 Å². The molecule has 3 heteroatoms. The van der Waals surface area contributed by atoms with E-state index in [1.54, 1.807) is 11.6 Å². The number of benzene rings is 1. The van der Waals surface area contributed by atoms with E-state index in [-0.39, 0.29) is 5.82 Å². The molecule has 18 heavy (non-hydrogen) atoms. The molecule has 0 fully saturated rings. The standard InChI is InChI=1S/C15H19ClFN/c16-15-7-6-14(17)10-13(15)11-18-9-8-12-4-2-1-3-5-12/h4,6-7,10,18H,1-3,5,8-9,11H2. The number of nitrogens with one attached hydrogen (secondary N) is 1. The topological polar surface area (TPSA) is 12.0 Å². The fourth-order valence-corrected chi connectivity index (χ4v) is 2.47. The van der Waals surface area contributed by atoms with Crippen LogP contribution >= 0.6 is 11.6 Å². The van der Waals surface area contributed by atoms with Crippen LogP contribution < -0.4 is 5.32 Å². The molecule has 2 rings (SSSR count). The summed E-state index contributed by atoms with van der Waals surface area (Å²) >= 11 is 6.01. The van der Waals surface area contributed by atoms with E-state index < -0.39 is 0 Å². The van der Waals surface area contributed by atoms with Crippen LogP contribution in [0, 0.1) is 5.82 Å². The maximum Gasteiger partial charge on any atom is 0.123 e. The average molecular weight is 268 g/mol. The van der Waals surface area contributed by atoms with Crippen molar-refractivity contribution in [3.63, 3.8) is 0 Å². The first-order valence-electron chi connectivity index (χ1n) is 6.58. The normalized spacial score (nSPS) is 15.6. The molecule has 0 heterocycles. The highest BCUT2D eigenvalue weighted by Crippen LogP contribution is 2.20. The zero-order valence-corrected chi connectivity index (χ0v) is 11.3. The lowest BCUT2D eigenvalue weighted by Gasteiger charge is -2.13. The molecule has 0 radical (unpaired) electrons. The second kappa shape index (κ2) is 6.91. The Morgan fingerprint density at radius 1 is 1.28 bits per heavy atom. The van der Waals surface area contributed by atoms with Crippen molar-refractivity contribution in [2.75, 3.05) is 6.54 Å². The number of allylic oxidation sites excluding steroid dienone is 1. The van der Waals surface area contributed by atoms with Gasteiger partial charge in [0.25, 0.3) is 0 Å². The van der Waals surface area contributed by atoms with Crippen LogP contribution in [0.3, 0.4) is 0 Å². The maximum atomic E-state index is 13.1. The zero-order valence-electron chi connectivity index (χ0n) is 10.5. The first-order valence-corrected chi connectivity index (χ1v) is 6.96. The first kappa shape index (κ1) is 13.6. The molecule has 0 aliphatic heterocycles. The molecule has 0 bridgehead atoms. The van der Waals surface area contributed by atoms with Crippen molar-refractivity contribution in [1.82, 2.24) is 5.32 Å². The Morgan fingerprint density at radius 2 is 2.17 bits per heavy atom. The largest absolute Gasteiger partial charge is 0.312 e. The molecule has 1 nitrogen and oxygen atoms in total. The van der Waals surface area contributed by atoms with E-state index in [1.807, 2.05) is 0 Å². The van der Waals surface area contributed by atoms with Crippen LogP contribution in [0.25, 0.3) is 0 Å². The van der Waals surface area contributed by atoms with Gasteiger partial charge in [-0.15, -0.1) is 0 Å². The maximum absolute atomic E-state index is 13.1. The average Bonchev–Trinajstić information content (AvgIpc) is 2.40. The summed E-state index contributed by atoms with van der Waals surface area (Å²) in [5.74, 6) is -0.230. The van der Waals surface area contributed by atoms with E-state index in [0.29, 0.717) is 11.6 Å². The molecule has 98 valence electrons. The molecule has 1 aliphatic carbocycles. The molecule has 1 aromatic rings. The monoisotopic (exact) mass is 267 g/mol. The zero-order chi connectivity index (χ0) is 12.8. The highest BCUT2D eigenvalue weighted by atomic mass is 35.5. The summed E-state index contributed by atoms with van der Waals surface area (Å²) in [5.41, 5.74) is 2.38. The van der Waals surface area contributed by atoms with Crippen molar-refractivity contribution in [3.8, 4) is 0 Å². The number of halogens is 2. The second-order valence-corrected chi connectivity index (χ2v) is 5.18. The molecule has 1 N–H and O–H groups in total. The summed E-state index contributed by atoms with van der Waals surface area (Å²) in [6.07, 6.45) is 8.57. The quantitative estimate of drug-likeness (QED) is 0.614. The Bertz CT molecular complexity index is 429. The molecule has 0 amide bonds. The summed E-state index contributed by atoms with van der Waals surface area (Å²) in [6.45, 7) is 1.56. The molecule has 0 unspecified atom stereocenters. The van der Waals surface area contributed by atoms with E-state index in [9.17, 15) is 4.39 Å². The van der Waals surface area contributed by atoms with Gasteiger partial charge in [0.05, 0.1) is 0 Å². The fraction of sp³-hybridized carbons (Fsp3) is 0.467. The molecular weight excluding hydrogens is 249 g/mol. The van der Waals surface area contributed by atoms with Crippen LogP contribution in [-0.4, -0.2) is 6.54 Å². The Labute approximate surface area is 113 Å². The van der Waals surface area contributed by atoms with Gasteiger partial charge in [0.15, 0.2) is 0 Å². The van der Waals surface area contributed by atoms with Crippen molar-refractivity contribution in [2.24, 2.45) is 0 Å². The Balaban J connectivity index is 1.74. The smallest absolute Gasteiger partial charge is 0.123 e. The minimum absolute atomic E-state index is 0.230. The van der Waals surface area contributed by atoms with Gasteiger partial charge in [-0.25, -0.2) is 4.39 Å². The van der Waals surface area contributed by atoms with Gasteiger partial charge >= 0.3 is 0 Å². The summed E-state index contributed by atoms with van der Waals surface area (Å²) in [4.78, 5) is 0. The van der Waals surface area contributed by atoms with Crippen molar-refractivity contribution in [3.05, 3.63) is 46.3 Å². The molecule has 1 aromatic carbocycles. The third kappa shape index (κ3) is 4.11. The summed E-state index contributed by atoms with van der Waals surface area (Å²) in [6, 6.07) is 4.49. The number of rotatable bonds is 5. The summed E-state index contributed by atoms with van der Waals surface area (Å²) in [7, 11) is 0. The van der Waals surface area contributed by atoms with E-state index in [4.69, 9.17) is 11.6 Å². The van der Waals surface area contributed by atoms with Gasteiger partial charge in [-0.3, -0.25) is 0 Å². The van der Waals surface area contributed by atoms with Crippen molar-refractivity contribution in [2.45, 2.75) is 38.6 Å². The fourth-order valence-electron chi connectivity index (χ4n) is 2.28. The predicted octanol–water partition coefficient (Wildman–Crippen LogP) is 4.46. The van der Waals surface area contributed by atoms with Crippen LogP contribution in [-0.2, 0) is 6.54 Å². The highest BCUT2D eigenvalue weighted by molar-refractivity contribution is 6.31. The first-order chi connectivity index (χ1) is 8.75. The van der Waals surface area contributed by atoms with Crippen LogP contribution in [0.5, 0.6) is 0 Å². The van der Waals surface area contributed by atoms with Gasteiger partial charge in [-0.1, -0.05) is 23.3 Å². The van der Waals surface area contributed by atoms with Crippen LogP contribution in [0.2, 0.25) is 5.02 Å². The lowest BCUT2D eigenvalue weighted by atomic mass is 9.97. The minimum Gasteiger partial charge on any atom is -0.312 e. The van der Waals surface area contributed by atoms with Gasteiger partial charge < -0.3 is 5.32 Å². The molecule has 1 aliphatic rings. The van der Waals surface area contributed by atoms with E-state index in [0.717, 1.165) is 18.5 Å². The number of hydrogen-bond donors (Lipinski definition) is 1. The molecule has 0 spiro atoms. The summed E-state index contributed by atoms with van der Waals surface area (Å²) in [5, 5.41) is 3.95. The van der Waals surface area contributed by atoms with Crippen LogP contribution in [0.1, 0.15) is 37.7 Å². The lowest BCUT2D eigenvalue weighted by Crippen LogP contribution is -2.16. The molecule has 0 saturated heterocycles. The predicted molar refractivity (Wildman–Crippen MR) is 74.3 cm³/mol. The highest BCUT2D eigenvalue weighted by Gasteiger charge is 2.04. The second-order valence-electron chi connectivity index (χ2n) is 4.77. The van der Waals surface area contributed by atoms with Gasteiger partial charge in [-0.05, 0) is 62.4 Å². The summed E-state index contributed by atoms with van der Waals surface area (Å²) < 4.78 is 13.1. The van der Waals surface area contributed by atoms with Crippen LogP contribution in [0.4, 0.5) is 4.39 Å². The molecule has 0 aromatic heterocycles. The van der Waals surface area contributed by atoms with Crippen LogP contribution in [0.15, 0.2) is 29.8 Å². The SMILES string of the molecule is Fc1ccc(Cl)c(CNCCC2=CCCCC2)c1. The van der Waals surface area contributed by atoms with E-state index in [1.165, 1.54) is 37.8 Å². The van der Waals surface area contributed by atoms with Gasteiger partial charge in [0.1, 0.15) is 5.82 Å².